The molecule has 6 heteroatoms. The lowest BCUT2D eigenvalue weighted by Gasteiger charge is -2.07. The molecule has 25 heavy (non-hydrogen) atoms. The van der Waals surface area contributed by atoms with Crippen LogP contribution in [0.1, 0.15) is 19.0 Å². The van der Waals surface area contributed by atoms with Crippen molar-refractivity contribution in [2.45, 2.75) is 26.8 Å². The number of aryl methyl sites for hydroxylation is 1. The number of aromatic nitrogens is 3. The monoisotopic (exact) mass is 338 g/mol. The van der Waals surface area contributed by atoms with Crippen molar-refractivity contribution in [1.29, 1.82) is 0 Å². The molecular weight excluding hydrogens is 316 g/mol. The molecule has 0 saturated carbocycles. The molecule has 130 valence electrons. The predicted molar refractivity (Wildman–Crippen MR) is 97.6 cm³/mol. The highest BCUT2D eigenvalue weighted by Crippen LogP contribution is 2.30. The molecular formula is C19H22N4O2. The van der Waals surface area contributed by atoms with E-state index in [-0.39, 0.29) is 12.5 Å². The van der Waals surface area contributed by atoms with E-state index in [0.717, 1.165) is 40.0 Å². The van der Waals surface area contributed by atoms with E-state index < -0.39 is 0 Å². The van der Waals surface area contributed by atoms with Gasteiger partial charge in [0.25, 0.3) is 0 Å². The maximum atomic E-state index is 12.0. The predicted octanol–water partition coefficient (Wildman–Crippen LogP) is 2.94. The van der Waals surface area contributed by atoms with Crippen LogP contribution in [0.5, 0.6) is 5.75 Å². The normalized spacial score (nSPS) is 10.8. The van der Waals surface area contributed by atoms with Crippen molar-refractivity contribution in [2.75, 3.05) is 13.7 Å². The van der Waals surface area contributed by atoms with Gasteiger partial charge in [-0.2, -0.15) is 5.10 Å². The van der Waals surface area contributed by atoms with Gasteiger partial charge in [0.15, 0.2) is 5.65 Å². The average molecular weight is 338 g/mol. The maximum Gasteiger partial charge on any atom is 0.241 e. The molecule has 6 nitrogen and oxygen atoms in total. The molecule has 0 aliphatic carbocycles. The second kappa shape index (κ2) is 7.34. The smallest absolute Gasteiger partial charge is 0.241 e. The Morgan fingerprint density at radius 2 is 2.00 bits per heavy atom. The van der Waals surface area contributed by atoms with Crippen LogP contribution in [0.3, 0.4) is 0 Å². The van der Waals surface area contributed by atoms with E-state index in [1.165, 1.54) is 0 Å². The summed E-state index contributed by atoms with van der Waals surface area (Å²) in [7, 11) is 1.65. The van der Waals surface area contributed by atoms with Crippen molar-refractivity contribution < 1.29 is 9.53 Å². The molecule has 1 N–H and O–H groups in total. The highest BCUT2D eigenvalue weighted by Gasteiger charge is 2.15. The van der Waals surface area contributed by atoms with Gasteiger partial charge in [-0.15, -0.1) is 0 Å². The zero-order valence-corrected chi connectivity index (χ0v) is 14.7. The van der Waals surface area contributed by atoms with Crippen LogP contribution >= 0.6 is 0 Å². The first-order chi connectivity index (χ1) is 12.1. The molecule has 3 aromatic rings. The minimum absolute atomic E-state index is 0.0529. The van der Waals surface area contributed by atoms with Gasteiger partial charge in [-0.3, -0.25) is 4.79 Å². The summed E-state index contributed by atoms with van der Waals surface area (Å²) >= 11 is 0. The van der Waals surface area contributed by atoms with Gasteiger partial charge in [-0.1, -0.05) is 19.1 Å². The molecule has 1 aromatic carbocycles. The Kier molecular flexibility index (Phi) is 4.97. The van der Waals surface area contributed by atoms with E-state index >= 15 is 0 Å². The van der Waals surface area contributed by atoms with E-state index in [9.17, 15) is 4.79 Å². The third kappa shape index (κ3) is 3.47. The SMILES string of the molecule is CCCNC(=O)Cn1nc(C)c2c(-c3ccc(OC)cc3)ccnc21. The zero-order valence-electron chi connectivity index (χ0n) is 14.7. The summed E-state index contributed by atoms with van der Waals surface area (Å²) in [5.74, 6) is 0.761. The molecule has 1 amide bonds. The number of carbonyl (C=O) groups excluding carboxylic acids is 1. The van der Waals surface area contributed by atoms with E-state index in [1.54, 1.807) is 18.0 Å². The third-order valence-corrected chi connectivity index (χ3v) is 4.07. The zero-order chi connectivity index (χ0) is 17.8. The fourth-order valence-electron chi connectivity index (χ4n) is 2.86. The van der Waals surface area contributed by atoms with E-state index in [1.807, 2.05) is 44.2 Å². The van der Waals surface area contributed by atoms with Crippen LogP contribution in [-0.2, 0) is 11.3 Å². The first-order valence-corrected chi connectivity index (χ1v) is 8.37. The number of methoxy groups -OCH3 is 1. The van der Waals surface area contributed by atoms with E-state index in [0.29, 0.717) is 6.54 Å². The Morgan fingerprint density at radius 3 is 2.68 bits per heavy atom. The Hall–Kier alpha value is -2.89. The maximum absolute atomic E-state index is 12.0. The molecule has 0 atom stereocenters. The number of benzene rings is 1. The van der Waals surface area contributed by atoms with Gasteiger partial charge in [0, 0.05) is 18.1 Å². The van der Waals surface area contributed by atoms with Crippen LogP contribution in [0.15, 0.2) is 36.5 Å². The minimum Gasteiger partial charge on any atom is -0.497 e. The van der Waals surface area contributed by atoms with Crippen LogP contribution in [0.2, 0.25) is 0 Å². The summed E-state index contributed by atoms with van der Waals surface area (Å²) < 4.78 is 6.89. The second-order valence-electron chi connectivity index (χ2n) is 5.88. The van der Waals surface area contributed by atoms with Gasteiger partial charge in [-0.05, 0) is 42.7 Å². The molecule has 2 aromatic heterocycles. The van der Waals surface area contributed by atoms with Crippen molar-refractivity contribution >= 4 is 16.9 Å². The number of nitrogens with one attached hydrogen (secondary N) is 1. The second-order valence-corrected chi connectivity index (χ2v) is 5.88. The molecule has 0 aliphatic rings. The van der Waals surface area contributed by atoms with E-state index in [4.69, 9.17) is 4.74 Å². The molecule has 0 fully saturated rings. The summed E-state index contributed by atoms with van der Waals surface area (Å²) in [6.45, 7) is 4.80. The summed E-state index contributed by atoms with van der Waals surface area (Å²) in [6, 6.07) is 9.86. The van der Waals surface area contributed by atoms with Crippen LogP contribution in [0.25, 0.3) is 22.2 Å². The molecule has 0 bridgehead atoms. The van der Waals surface area contributed by atoms with Crippen molar-refractivity contribution in [2.24, 2.45) is 0 Å². The van der Waals surface area contributed by atoms with Gasteiger partial charge in [-0.25, -0.2) is 9.67 Å². The lowest BCUT2D eigenvalue weighted by atomic mass is 10.0. The average Bonchev–Trinajstić information content (AvgIpc) is 2.96. The standard InChI is InChI=1S/C19H22N4O2/c1-4-10-20-17(24)12-23-19-18(13(2)22-23)16(9-11-21-19)14-5-7-15(25-3)8-6-14/h5-9,11H,4,10,12H2,1-3H3,(H,20,24). The van der Waals surface area contributed by atoms with Crippen molar-refractivity contribution in [3.05, 3.63) is 42.2 Å². The number of pyridine rings is 1. The summed E-state index contributed by atoms with van der Waals surface area (Å²) in [5, 5.41) is 8.37. The number of rotatable bonds is 6. The number of amides is 1. The topological polar surface area (TPSA) is 69.0 Å². The first kappa shape index (κ1) is 17.0. The molecule has 2 heterocycles. The highest BCUT2D eigenvalue weighted by molar-refractivity contribution is 5.95. The Balaban J connectivity index is 2.00. The van der Waals surface area contributed by atoms with Crippen molar-refractivity contribution in [3.63, 3.8) is 0 Å². The Labute approximate surface area is 146 Å². The summed E-state index contributed by atoms with van der Waals surface area (Å²) in [5.41, 5.74) is 3.69. The largest absolute Gasteiger partial charge is 0.497 e. The van der Waals surface area contributed by atoms with Crippen molar-refractivity contribution in [1.82, 2.24) is 20.1 Å². The van der Waals surface area contributed by atoms with Crippen LogP contribution in [0, 0.1) is 6.92 Å². The minimum atomic E-state index is -0.0529. The molecule has 0 radical (unpaired) electrons. The number of hydrogen-bond acceptors (Lipinski definition) is 4. The van der Waals surface area contributed by atoms with Gasteiger partial charge in [0.1, 0.15) is 12.3 Å². The number of carbonyl (C=O) groups is 1. The molecule has 0 spiro atoms. The highest BCUT2D eigenvalue weighted by atomic mass is 16.5. The lowest BCUT2D eigenvalue weighted by Crippen LogP contribution is -2.28. The van der Waals surface area contributed by atoms with Crippen LogP contribution < -0.4 is 10.1 Å². The summed E-state index contributed by atoms with van der Waals surface area (Å²) in [6.07, 6.45) is 2.66. The molecule has 0 saturated heterocycles. The van der Waals surface area contributed by atoms with Gasteiger partial charge in [0.05, 0.1) is 12.8 Å². The molecule has 3 rings (SSSR count). The van der Waals surface area contributed by atoms with Gasteiger partial charge >= 0.3 is 0 Å². The van der Waals surface area contributed by atoms with Crippen LogP contribution in [0.4, 0.5) is 0 Å². The third-order valence-electron chi connectivity index (χ3n) is 4.07. The van der Waals surface area contributed by atoms with Crippen LogP contribution in [-0.4, -0.2) is 34.3 Å². The Morgan fingerprint density at radius 1 is 1.24 bits per heavy atom. The molecule has 0 unspecified atom stereocenters. The number of hydrogen-bond donors (Lipinski definition) is 1. The quantitative estimate of drug-likeness (QED) is 0.750. The van der Waals surface area contributed by atoms with Crippen molar-refractivity contribution in [3.8, 4) is 16.9 Å². The van der Waals surface area contributed by atoms with Gasteiger partial charge in [0.2, 0.25) is 5.91 Å². The number of fused-ring (bicyclic) bond motifs is 1. The number of ether oxygens (including phenoxy) is 1. The molecule has 0 aliphatic heterocycles. The number of nitrogens with zero attached hydrogens (tertiary/aromatic N) is 3. The summed E-state index contributed by atoms with van der Waals surface area (Å²) in [4.78, 5) is 16.5. The fourth-order valence-corrected chi connectivity index (χ4v) is 2.86. The van der Waals surface area contributed by atoms with E-state index in [2.05, 4.69) is 15.4 Å². The fraction of sp³-hybridized carbons (Fsp3) is 0.316. The Bertz CT molecular complexity index is 884. The lowest BCUT2D eigenvalue weighted by molar-refractivity contribution is -0.121. The van der Waals surface area contributed by atoms with Gasteiger partial charge < -0.3 is 10.1 Å². The first-order valence-electron chi connectivity index (χ1n) is 8.37.